The minimum Gasteiger partial charge on any atom is -0.491 e. The lowest BCUT2D eigenvalue weighted by atomic mass is 9.97. The molecule has 1 aromatic carbocycles. The van der Waals surface area contributed by atoms with Crippen LogP contribution < -0.4 is 20.7 Å². The number of nitrogens with zero attached hydrogens (tertiary/aromatic N) is 3. The Hall–Kier alpha value is -2.83. The molecule has 1 aliphatic rings. The van der Waals surface area contributed by atoms with E-state index in [2.05, 4.69) is 20.2 Å². The first-order chi connectivity index (χ1) is 12.5. The lowest BCUT2D eigenvalue weighted by Gasteiger charge is -2.32. The summed E-state index contributed by atoms with van der Waals surface area (Å²) in [4.78, 5) is 22.5. The van der Waals surface area contributed by atoms with Gasteiger partial charge in [0.25, 0.3) is 0 Å². The molecule has 3 rings (SSSR count). The quantitative estimate of drug-likeness (QED) is 0.827. The molecule has 1 aromatic heterocycles. The number of carbonyl (C=O) groups is 1. The van der Waals surface area contributed by atoms with Crippen molar-refractivity contribution < 1.29 is 9.53 Å². The lowest BCUT2D eigenvalue weighted by Crippen LogP contribution is -2.41. The minimum absolute atomic E-state index is 0.113. The second-order valence-corrected chi connectivity index (χ2v) is 6.75. The molecule has 7 nitrogen and oxygen atoms in total. The third kappa shape index (κ3) is 4.62. The third-order valence-electron chi connectivity index (χ3n) is 4.25. The van der Waals surface area contributed by atoms with Gasteiger partial charge in [-0.2, -0.15) is 4.98 Å². The Morgan fingerprint density at radius 1 is 1.38 bits per heavy atom. The Kier molecular flexibility index (Phi) is 5.55. The van der Waals surface area contributed by atoms with Crippen LogP contribution in [-0.2, 0) is 4.79 Å². The number of primary amides is 1. The normalized spacial score (nSPS) is 17.2. The molecule has 0 radical (unpaired) electrons. The van der Waals surface area contributed by atoms with Crippen molar-refractivity contribution in [1.29, 1.82) is 0 Å². The molecule has 0 spiro atoms. The van der Waals surface area contributed by atoms with Gasteiger partial charge in [-0.25, -0.2) is 4.98 Å². The van der Waals surface area contributed by atoms with Crippen molar-refractivity contribution in [3.8, 4) is 5.75 Å². The summed E-state index contributed by atoms with van der Waals surface area (Å²) in [5, 5.41) is 3.21. The molecule has 1 saturated heterocycles. The maximum absolute atomic E-state index is 11.5. The number of nitrogens with two attached hydrogens (primary N) is 1. The van der Waals surface area contributed by atoms with Gasteiger partial charge in [0.2, 0.25) is 11.9 Å². The van der Waals surface area contributed by atoms with Crippen LogP contribution >= 0.6 is 0 Å². The number of rotatable bonds is 6. The zero-order chi connectivity index (χ0) is 18.5. The summed E-state index contributed by atoms with van der Waals surface area (Å²) in [5.41, 5.74) is 6.32. The van der Waals surface area contributed by atoms with Gasteiger partial charge in [0.1, 0.15) is 11.6 Å². The largest absolute Gasteiger partial charge is 0.491 e. The molecule has 1 unspecified atom stereocenters. The van der Waals surface area contributed by atoms with Gasteiger partial charge in [-0.05, 0) is 44.9 Å². The van der Waals surface area contributed by atoms with Crippen LogP contribution in [0.2, 0.25) is 0 Å². The minimum atomic E-state index is -0.246. The molecular formula is C19H25N5O2. The number of hydrogen-bond acceptors (Lipinski definition) is 6. The standard InChI is InChI=1S/C19H25N5O2/c1-13(2)26-16-7-3-6-15(11-16)22-19-21-9-8-17(23-19)24-10-4-5-14(12-24)18(20)25/h3,6-9,11,13-14H,4-5,10,12H2,1-2H3,(H2,20,25)(H,21,22,23). The average Bonchev–Trinajstić information content (AvgIpc) is 2.62. The Labute approximate surface area is 153 Å². The molecule has 2 aromatic rings. The van der Waals surface area contributed by atoms with E-state index in [4.69, 9.17) is 10.5 Å². The molecule has 0 bridgehead atoms. The van der Waals surface area contributed by atoms with Gasteiger partial charge < -0.3 is 20.7 Å². The van der Waals surface area contributed by atoms with Crippen LogP contribution in [-0.4, -0.2) is 35.1 Å². The van der Waals surface area contributed by atoms with E-state index in [9.17, 15) is 4.79 Å². The Bertz CT molecular complexity index is 765. The van der Waals surface area contributed by atoms with Crippen LogP contribution in [0.4, 0.5) is 17.5 Å². The van der Waals surface area contributed by atoms with Crippen LogP contribution in [0.3, 0.4) is 0 Å². The molecule has 0 aliphatic carbocycles. The van der Waals surface area contributed by atoms with Crippen LogP contribution in [0.25, 0.3) is 0 Å². The van der Waals surface area contributed by atoms with Gasteiger partial charge in [-0.15, -0.1) is 0 Å². The van der Waals surface area contributed by atoms with Crippen molar-refractivity contribution in [1.82, 2.24) is 9.97 Å². The number of piperidine rings is 1. The maximum atomic E-state index is 11.5. The van der Waals surface area contributed by atoms with Gasteiger partial charge in [0.05, 0.1) is 12.0 Å². The van der Waals surface area contributed by atoms with E-state index in [1.54, 1.807) is 6.20 Å². The number of carbonyl (C=O) groups excluding carboxylic acids is 1. The molecule has 1 amide bonds. The smallest absolute Gasteiger partial charge is 0.229 e. The van der Waals surface area contributed by atoms with Gasteiger partial charge in [-0.3, -0.25) is 4.79 Å². The van der Waals surface area contributed by atoms with Crippen LogP contribution in [0, 0.1) is 5.92 Å². The summed E-state index contributed by atoms with van der Waals surface area (Å²) >= 11 is 0. The zero-order valence-electron chi connectivity index (χ0n) is 15.2. The fourth-order valence-corrected chi connectivity index (χ4v) is 3.05. The SMILES string of the molecule is CC(C)Oc1cccc(Nc2nccc(N3CCCC(C(N)=O)C3)n2)c1. The first kappa shape index (κ1) is 18.0. The summed E-state index contributed by atoms with van der Waals surface area (Å²) in [6.07, 6.45) is 3.59. The number of hydrogen-bond donors (Lipinski definition) is 2. The van der Waals surface area contributed by atoms with E-state index in [0.717, 1.165) is 36.6 Å². The second-order valence-electron chi connectivity index (χ2n) is 6.75. The second kappa shape index (κ2) is 8.03. The summed E-state index contributed by atoms with van der Waals surface area (Å²) < 4.78 is 5.71. The summed E-state index contributed by atoms with van der Waals surface area (Å²) in [6.45, 7) is 5.44. The van der Waals surface area contributed by atoms with E-state index in [0.29, 0.717) is 12.5 Å². The highest BCUT2D eigenvalue weighted by Crippen LogP contribution is 2.24. The van der Waals surface area contributed by atoms with Crippen LogP contribution in [0.15, 0.2) is 36.5 Å². The van der Waals surface area contributed by atoms with Crippen LogP contribution in [0.5, 0.6) is 5.75 Å². The van der Waals surface area contributed by atoms with Gasteiger partial charge >= 0.3 is 0 Å². The van der Waals surface area contributed by atoms with Gasteiger partial charge in [0, 0.05) is 31.0 Å². The maximum Gasteiger partial charge on any atom is 0.229 e. The molecule has 1 aliphatic heterocycles. The Morgan fingerprint density at radius 3 is 3.00 bits per heavy atom. The highest BCUT2D eigenvalue weighted by Gasteiger charge is 2.24. The molecule has 2 heterocycles. The van der Waals surface area contributed by atoms with E-state index < -0.39 is 0 Å². The summed E-state index contributed by atoms with van der Waals surface area (Å²) in [6, 6.07) is 9.55. The first-order valence-corrected chi connectivity index (χ1v) is 8.92. The number of anilines is 3. The Balaban J connectivity index is 1.72. The number of ether oxygens (including phenoxy) is 1. The van der Waals surface area contributed by atoms with Crippen molar-refractivity contribution in [2.45, 2.75) is 32.8 Å². The third-order valence-corrected chi connectivity index (χ3v) is 4.25. The first-order valence-electron chi connectivity index (χ1n) is 8.92. The van der Waals surface area contributed by atoms with E-state index in [1.807, 2.05) is 44.2 Å². The van der Waals surface area contributed by atoms with Crippen molar-refractivity contribution in [2.75, 3.05) is 23.3 Å². The predicted molar refractivity (Wildman–Crippen MR) is 102 cm³/mol. The fraction of sp³-hybridized carbons (Fsp3) is 0.421. The monoisotopic (exact) mass is 355 g/mol. The molecule has 1 atom stereocenters. The summed E-state index contributed by atoms with van der Waals surface area (Å²) in [5.74, 6) is 1.72. The highest BCUT2D eigenvalue weighted by molar-refractivity contribution is 5.77. The van der Waals surface area contributed by atoms with Gasteiger partial charge in [-0.1, -0.05) is 6.07 Å². The highest BCUT2D eigenvalue weighted by atomic mass is 16.5. The van der Waals surface area contributed by atoms with E-state index in [1.165, 1.54) is 0 Å². The van der Waals surface area contributed by atoms with Crippen molar-refractivity contribution >= 4 is 23.4 Å². The van der Waals surface area contributed by atoms with Crippen molar-refractivity contribution in [3.63, 3.8) is 0 Å². The number of benzene rings is 1. The van der Waals surface area contributed by atoms with Crippen molar-refractivity contribution in [2.24, 2.45) is 11.7 Å². The molecule has 7 heteroatoms. The molecule has 3 N–H and O–H groups in total. The average molecular weight is 355 g/mol. The molecular weight excluding hydrogens is 330 g/mol. The summed E-state index contributed by atoms with van der Waals surface area (Å²) in [7, 11) is 0. The number of nitrogens with one attached hydrogen (secondary N) is 1. The molecule has 1 fully saturated rings. The molecule has 138 valence electrons. The lowest BCUT2D eigenvalue weighted by molar-refractivity contribution is -0.122. The number of amides is 1. The predicted octanol–water partition coefficient (Wildman–Crippen LogP) is 2.71. The molecule has 26 heavy (non-hydrogen) atoms. The van der Waals surface area contributed by atoms with E-state index >= 15 is 0 Å². The van der Waals surface area contributed by atoms with Gasteiger partial charge in [0.15, 0.2) is 0 Å². The Morgan fingerprint density at radius 2 is 2.23 bits per heavy atom. The van der Waals surface area contributed by atoms with Crippen molar-refractivity contribution in [3.05, 3.63) is 36.5 Å². The fourth-order valence-electron chi connectivity index (χ4n) is 3.05. The van der Waals surface area contributed by atoms with E-state index in [-0.39, 0.29) is 17.9 Å². The topological polar surface area (TPSA) is 93.4 Å². The van der Waals surface area contributed by atoms with Crippen LogP contribution in [0.1, 0.15) is 26.7 Å². The number of aromatic nitrogens is 2. The zero-order valence-corrected chi connectivity index (χ0v) is 15.2. The molecule has 0 saturated carbocycles.